The molecule has 0 radical (unpaired) electrons. The summed E-state index contributed by atoms with van der Waals surface area (Å²) in [5.74, 6) is -1.80. The Kier molecular flexibility index (Phi) is 6.51. The van der Waals surface area contributed by atoms with Crippen LogP contribution in [0.2, 0.25) is 0 Å². The van der Waals surface area contributed by atoms with Gasteiger partial charge in [0.15, 0.2) is 0 Å². The molecule has 0 aliphatic carbocycles. The second-order valence-electron chi connectivity index (χ2n) is 7.10. The van der Waals surface area contributed by atoms with Gasteiger partial charge in [-0.15, -0.1) is 0 Å². The zero-order valence-corrected chi connectivity index (χ0v) is 17.1. The maximum Gasteiger partial charge on any atom is 0.322 e. The predicted molar refractivity (Wildman–Crippen MR) is 116 cm³/mol. The van der Waals surface area contributed by atoms with E-state index in [9.17, 15) is 14.4 Å². The molecule has 0 aliphatic rings. The standard InChI is InChI=1S/C23H25N3O4/c1-3-4-13-26-19-8-6-5-7-18(19)15(2)21(26)23(30)25-17-11-9-16(10-12-17)22(29)24-14-20(27)28/h5-12H,3-4,13-14H2,1-2H3,(H,24,29)(H,25,30)(H,27,28). The molecule has 2 amide bonds. The summed E-state index contributed by atoms with van der Waals surface area (Å²) in [6.07, 6.45) is 2.00. The van der Waals surface area contributed by atoms with Crippen LogP contribution in [0.4, 0.5) is 5.69 Å². The Balaban J connectivity index is 1.82. The molecule has 0 unspecified atom stereocenters. The number of carbonyl (C=O) groups excluding carboxylic acids is 2. The molecule has 1 heterocycles. The van der Waals surface area contributed by atoms with Crippen molar-refractivity contribution in [1.29, 1.82) is 0 Å². The second-order valence-corrected chi connectivity index (χ2v) is 7.10. The van der Waals surface area contributed by atoms with Gasteiger partial charge in [-0.2, -0.15) is 0 Å². The highest BCUT2D eigenvalue weighted by Gasteiger charge is 2.20. The van der Waals surface area contributed by atoms with E-state index in [1.54, 1.807) is 24.3 Å². The monoisotopic (exact) mass is 407 g/mol. The van der Waals surface area contributed by atoms with Crippen LogP contribution in [0.3, 0.4) is 0 Å². The molecule has 0 bridgehead atoms. The number of carbonyl (C=O) groups is 3. The zero-order chi connectivity index (χ0) is 21.7. The molecule has 0 fully saturated rings. The number of amides is 2. The first-order valence-electron chi connectivity index (χ1n) is 9.91. The number of unbranched alkanes of at least 4 members (excludes halogenated alkanes) is 1. The van der Waals surface area contributed by atoms with Gasteiger partial charge in [-0.3, -0.25) is 14.4 Å². The Morgan fingerprint density at radius 1 is 1.00 bits per heavy atom. The lowest BCUT2D eigenvalue weighted by Crippen LogP contribution is -2.29. The van der Waals surface area contributed by atoms with Crippen LogP contribution >= 0.6 is 0 Å². The lowest BCUT2D eigenvalue weighted by molar-refractivity contribution is -0.135. The molecular weight excluding hydrogens is 382 g/mol. The molecular formula is C23H25N3O4. The SMILES string of the molecule is CCCCn1c(C(=O)Nc2ccc(C(=O)NCC(=O)O)cc2)c(C)c2ccccc21. The van der Waals surface area contributed by atoms with Gasteiger partial charge >= 0.3 is 5.97 Å². The molecule has 0 aliphatic heterocycles. The van der Waals surface area contributed by atoms with Crippen LogP contribution in [0, 0.1) is 6.92 Å². The van der Waals surface area contributed by atoms with Crippen LogP contribution in [0.15, 0.2) is 48.5 Å². The highest BCUT2D eigenvalue weighted by Crippen LogP contribution is 2.27. The Bertz CT molecular complexity index is 1080. The molecule has 7 heteroatoms. The first kappa shape index (κ1) is 21.1. The lowest BCUT2D eigenvalue weighted by atomic mass is 10.1. The van der Waals surface area contributed by atoms with Crippen molar-refractivity contribution in [2.75, 3.05) is 11.9 Å². The molecule has 2 aromatic carbocycles. The fraction of sp³-hybridized carbons (Fsp3) is 0.261. The fourth-order valence-electron chi connectivity index (χ4n) is 3.47. The van der Waals surface area contributed by atoms with Gasteiger partial charge in [-0.25, -0.2) is 0 Å². The number of hydrogen-bond acceptors (Lipinski definition) is 3. The number of fused-ring (bicyclic) bond motifs is 1. The number of aliphatic carboxylic acids is 1. The normalized spacial score (nSPS) is 10.7. The molecule has 3 N–H and O–H groups in total. The quantitative estimate of drug-likeness (QED) is 0.528. The van der Waals surface area contributed by atoms with Gasteiger partial charge < -0.3 is 20.3 Å². The van der Waals surface area contributed by atoms with Crippen LogP contribution in [0.25, 0.3) is 10.9 Å². The number of anilines is 1. The summed E-state index contributed by atoms with van der Waals surface area (Å²) in [5.41, 5.74) is 3.49. The van der Waals surface area contributed by atoms with E-state index in [-0.39, 0.29) is 5.91 Å². The Morgan fingerprint density at radius 2 is 1.70 bits per heavy atom. The van der Waals surface area contributed by atoms with Gasteiger partial charge in [0.2, 0.25) is 0 Å². The number of aromatic nitrogens is 1. The molecule has 3 aromatic rings. The summed E-state index contributed by atoms with van der Waals surface area (Å²) in [7, 11) is 0. The van der Waals surface area contributed by atoms with Crippen LogP contribution in [0.1, 0.15) is 46.2 Å². The maximum absolute atomic E-state index is 13.1. The first-order valence-corrected chi connectivity index (χ1v) is 9.91. The fourth-order valence-corrected chi connectivity index (χ4v) is 3.47. The molecule has 0 atom stereocenters. The van der Waals surface area contributed by atoms with Crippen molar-refractivity contribution < 1.29 is 19.5 Å². The van der Waals surface area contributed by atoms with Gasteiger partial charge in [0, 0.05) is 28.7 Å². The van der Waals surface area contributed by atoms with E-state index in [0.29, 0.717) is 16.9 Å². The molecule has 0 saturated heterocycles. The van der Waals surface area contributed by atoms with Crippen molar-refractivity contribution in [3.8, 4) is 0 Å². The van der Waals surface area contributed by atoms with E-state index in [2.05, 4.69) is 22.1 Å². The summed E-state index contributed by atoms with van der Waals surface area (Å²) in [5, 5.41) is 14.9. The second kappa shape index (κ2) is 9.26. The van der Waals surface area contributed by atoms with E-state index in [0.717, 1.165) is 35.9 Å². The van der Waals surface area contributed by atoms with E-state index in [4.69, 9.17) is 5.11 Å². The number of nitrogens with zero attached hydrogens (tertiary/aromatic N) is 1. The van der Waals surface area contributed by atoms with Crippen LogP contribution < -0.4 is 10.6 Å². The van der Waals surface area contributed by atoms with Gasteiger partial charge in [-0.1, -0.05) is 31.5 Å². The van der Waals surface area contributed by atoms with Crippen molar-refractivity contribution in [1.82, 2.24) is 9.88 Å². The minimum atomic E-state index is -1.11. The summed E-state index contributed by atoms with van der Waals surface area (Å²) in [6, 6.07) is 14.3. The van der Waals surface area contributed by atoms with E-state index < -0.39 is 18.4 Å². The lowest BCUT2D eigenvalue weighted by Gasteiger charge is -2.12. The van der Waals surface area contributed by atoms with E-state index in [1.165, 1.54) is 0 Å². The van der Waals surface area contributed by atoms with Gasteiger partial charge in [0.05, 0.1) is 0 Å². The number of benzene rings is 2. The summed E-state index contributed by atoms with van der Waals surface area (Å²) in [4.78, 5) is 35.6. The number of para-hydroxylation sites is 1. The average molecular weight is 407 g/mol. The average Bonchev–Trinajstić information content (AvgIpc) is 3.03. The highest BCUT2D eigenvalue weighted by atomic mass is 16.4. The van der Waals surface area contributed by atoms with Crippen LogP contribution in [-0.4, -0.2) is 34.0 Å². The first-order chi connectivity index (χ1) is 14.4. The molecule has 0 spiro atoms. The minimum absolute atomic E-state index is 0.206. The number of aryl methyl sites for hydroxylation is 2. The Labute approximate surface area is 174 Å². The van der Waals surface area contributed by atoms with Crippen molar-refractivity contribution >= 4 is 34.4 Å². The third kappa shape index (κ3) is 4.51. The van der Waals surface area contributed by atoms with E-state index in [1.807, 2.05) is 31.2 Å². The Morgan fingerprint density at radius 3 is 2.37 bits per heavy atom. The van der Waals surface area contributed by atoms with Gasteiger partial charge in [0.25, 0.3) is 11.8 Å². The number of hydrogen-bond donors (Lipinski definition) is 3. The molecule has 0 saturated carbocycles. The van der Waals surface area contributed by atoms with E-state index >= 15 is 0 Å². The predicted octanol–water partition coefficient (Wildman–Crippen LogP) is 3.82. The van der Waals surface area contributed by atoms with Crippen molar-refractivity contribution in [3.05, 3.63) is 65.4 Å². The molecule has 156 valence electrons. The molecule has 1 aromatic heterocycles. The summed E-state index contributed by atoms with van der Waals surface area (Å²) in [6.45, 7) is 4.39. The molecule has 30 heavy (non-hydrogen) atoms. The summed E-state index contributed by atoms with van der Waals surface area (Å²) < 4.78 is 2.07. The molecule has 3 rings (SSSR count). The van der Waals surface area contributed by atoms with Gasteiger partial charge in [0.1, 0.15) is 12.2 Å². The third-order valence-electron chi connectivity index (χ3n) is 4.98. The zero-order valence-electron chi connectivity index (χ0n) is 17.1. The molecule has 7 nitrogen and oxygen atoms in total. The smallest absolute Gasteiger partial charge is 0.322 e. The van der Waals surface area contributed by atoms with Crippen molar-refractivity contribution in [2.45, 2.75) is 33.2 Å². The number of nitrogens with one attached hydrogen (secondary N) is 2. The van der Waals surface area contributed by atoms with Crippen molar-refractivity contribution in [3.63, 3.8) is 0 Å². The third-order valence-corrected chi connectivity index (χ3v) is 4.98. The van der Waals surface area contributed by atoms with Crippen LogP contribution in [0.5, 0.6) is 0 Å². The largest absolute Gasteiger partial charge is 0.480 e. The maximum atomic E-state index is 13.1. The minimum Gasteiger partial charge on any atom is -0.480 e. The number of carboxylic acids is 1. The van der Waals surface area contributed by atoms with Crippen molar-refractivity contribution in [2.24, 2.45) is 0 Å². The Hall–Kier alpha value is -3.61. The highest BCUT2D eigenvalue weighted by molar-refractivity contribution is 6.08. The number of carboxylic acid groups (broad SMARTS) is 1. The number of rotatable bonds is 8. The summed E-state index contributed by atoms with van der Waals surface area (Å²) >= 11 is 0. The topological polar surface area (TPSA) is 100 Å². The van der Waals surface area contributed by atoms with Gasteiger partial charge in [-0.05, 0) is 49.2 Å². The van der Waals surface area contributed by atoms with Crippen LogP contribution in [-0.2, 0) is 11.3 Å².